The topological polar surface area (TPSA) is 38.3 Å². The van der Waals surface area contributed by atoms with E-state index in [4.69, 9.17) is 16.3 Å². The molecule has 2 aromatic rings. The molecule has 20 heavy (non-hydrogen) atoms. The summed E-state index contributed by atoms with van der Waals surface area (Å²) in [4.78, 5) is 11.8. The first-order valence-electron chi connectivity index (χ1n) is 6.39. The predicted octanol–water partition coefficient (Wildman–Crippen LogP) is 4.06. The van der Waals surface area contributed by atoms with Gasteiger partial charge in [0.2, 0.25) is 0 Å². The van der Waals surface area contributed by atoms with Gasteiger partial charge in [0.25, 0.3) is 0 Å². The summed E-state index contributed by atoms with van der Waals surface area (Å²) in [6, 6.07) is 16.8. The lowest BCUT2D eigenvalue weighted by molar-refractivity contribution is -0.146. The van der Waals surface area contributed by atoms with Crippen LogP contribution in [-0.4, -0.2) is 12.5 Å². The van der Waals surface area contributed by atoms with Crippen LogP contribution >= 0.6 is 11.6 Å². The van der Waals surface area contributed by atoms with Gasteiger partial charge in [-0.3, -0.25) is 4.79 Å². The molecule has 0 aliphatic carbocycles. The molecule has 0 fully saturated rings. The van der Waals surface area contributed by atoms with Crippen LogP contribution in [-0.2, 0) is 9.53 Å². The third-order valence-electron chi connectivity index (χ3n) is 2.86. The van der Waals surface area contributed by atoms with Gasteiger partial charge in [0.1, 0.15) is 12.6 Å². The number of hydrogen-bond donors (Lipinski definition) is 1. The van der Waals surface area contributed by atoms with Crippen molar-refractivity contribution in [3.63, 3.8) is 0 Å². The van der Waals surface area contributed by atoms with Gasteiger partial charge in [-0.2, -0.15) is 0 Å². The van der Waals surface area contributed by atoms with E-state index in [2.05, 4.69) is 5.32 Å². The fourth-order valence-corrected chi connectivity index (χ4v) is 1.90. The zero-order valence-electron chi connectivity index (χ0n) is 11.2. The van der Waals surface area contributed by atoms with E-state index in [0.29, 0.717) is 5.02 Å². The van der Waals surface area contributed by atoms with Crippen LogP contribution in [0.3, 0.4) is 0 Å². The zero-order valence-corrected chi connectivity index (χ0v) is 11.9. The number of hydrogen-bond acceptors (Lipinski definition) is 3. The molecule has 0 bridgehead atoms. The predicted molar refractivity (Wildman–Crippen MR) is 80.9 cm³/mol. The highest BCUT2D eigenvalue weighted by molar-refractivity contribution is 6.30. The minimum Gasteiger partial charge on any atom is -0.456 e. The molecular formula is C16H16ClNO2. The number of anilines is 1. The van der Waals surface area contributed by atoms with E-state index >= 15 is 0 Å². The molecule has 0 aliphatic heterocycles. The van der Waals surface area contributed by atoms with E-state index in [-0.39, 0.29) is 18.6 Å². The van der Waals surface area contributed by atoms with E-state index < -0.39 is 0 Å². The van der Waals surface area contributed by atoms with E-state index in [1.807, 2.05) is 49.4 Å². The fraction of sp³-hybridized carbons (Fsp3) is 0.188. The van der Waals surface area contributed by atoms with Crippen LogP contribution in [0.5, 0.6) is 0 Å². The number of ether oxygens (including phenoxy) is 1. The summed E-state index contributed by atoms with van der Waals surface area (Å²) in [6.07, 6.45) is -0.254. The van der Waals surface area contributed by atoms with Crippen molar-refractivity contribution < 1.29 is 9.53 Å². The Kier molecular flexibility index (Phi) is 5.02. The van der Waals surface area contributed by atoms with Crippen molar-refractivity contribution >= 4 is 23.3 Å². The number of benzene rings is 2. The lowest BCUT2D eigenvalue weighted by Crippen LogP contribution is -2.18. The van der Waals surface area contributed by atoms with E-state index in [0.717, 1.165) is 11.3 Å². The molecule has 0 aliphatic rings. The van der Waals surface area contributed by atoms with E-state index in [9.17, 15) is 4.79 Å². The molecule has 0 radical (unpaired) electrons. The number of nitrogens with one attached hydrogen (secondary N) is 1. The summed E-state index contributed by atoms with van der Waals surface area (Å²) in [5.74, 6) is -0.295. The molecule has 2 rings (SSSR count). The second-order valence-corrected chi connectivity index (χ2v) is 4.84. The molecule has 104 valence electrons. The second-order valence-electron chi connectivity index (χ2n) is 4.40. The number of esters is 1. The van der Waals surface area contributed by atoms with E-state index in [1.165, 1.54) is 0 Å². The van der Waals surface area contributed by atoms with Crippen LogP contribution in [0.4, 0.5) is 5.69 Å². The summed E-state index contributed by atoms with van der Waals surface area (Å²) >= 11 is 5.79. The fourth-order valence-electron chi connectivity index (χ4n) is 1.77. The average Bonchev–Trinajstić information content (AvgIpc) is 2.47. The Balaban J connectivity index is 1.82. The van der Waals surface area contributed by atoms with Crippen molar-refractivity contribution in [2.75, 3.05) is 11.9 Å². The molecule has 1 atom stereocenters. The van der Waals surface area contributed by atoms with Crippen LogP contribution in [0.1, 0.15) is 18.6 Å². The smallest absolute Gasteiger partial charge is 0.325 e. The molecule has 3 nitrogen and oxygen atoms in total. The first-order chi connectivity index (χ1) is 9.65. The van der Waals surface area contributed by atoms with E-state index in [1.54, 1.807) is 12.1 Å². The maximum Gasteiger partial charge on any atom is 0.325 e. The highest BCUT2D eigenvalue weighted by atomic mass is 35.5. The van der Waals surface area contributed by atoms with Crippen LogP contribution in [0.25, 0.3) is 0 Å². The van der Waals surface area contributed by atoms with Gasteiger partial charge in [0, 0.05) is 10.7 Å². The van der Waals surface area contributed by atoms with Gasteiger partial charge in [0.05, 0.1) is 0 Å². The van der Waals surface area contributed by atoms with Crippen molar-refractivity contribution in [1.29, 1.82) is 0 Å². The summed E-state index contributed by atoms with van der Waals surface area (Å²) < 4.78 is 5.35. The zero-order chi connectivity index (χ0) is 14.4. The largest absolute Gasteiger partial charge is 0.456 e. The number of carbonyl (C=O) groups excluding carboxylic acids is 1. The normalized spacial score (nSPS) is 11.7. The van der Waals surface area contributed by atoms with Crippen molar-refractivity contribution in [1.82, 2.24) is 0 Å². The lowest BCUT2D eigenvalue weighted by atomic mass is 10.1. The molecule has 0 spiro atoms. The molecule has 4 heteroatoms. The van der Waals surface area contributed by atoms with Gasteiger partial charge >= 0.3 is 5.97 Å². The number of halogens is 1. The molecule has 2 aromatic carbocycles. The molecule has 1 unspecified atom stereocenters. The molecule has 0 aromatic heterocycles. The minimum absolute atomic E-state index is 0.124. The summed E-state index contributed by atoms with van der Waals surface area (Å²) in [7, 11) is 0. The first kappa shape index (κ1) is 14.4. The van der Waals surface area contributed by atoms with Gasteiger partial charge in [-0.05, 0) is 36.8 Å². The van der Waals surface area contributed by atoms with Crippen LogP contribution in [0.15, 0.2) is 54.6 Å². The SMILES string of the molecule is CC(OC(=O)CNc1ccc(Cl)cc1)c1ccccc1. The maximum atomic E-state index is 11.8. The quantitative estimate of drug-likeness (QED) is 0.844. The monoisotopic (exact) mass is 289 g/mol. The Morgan fingerprint density at radius 1 is 1.15 bits per heavy atom. The molecule has 0 saturated carbocycles. The summed E-state index contributed by atoms with van der Waals surface area (Å²) in [5.41, 5.74) is 1.81. The first-order valence-corrected chi connectivity index (χ1v) is 6.77. The minimum atomic E-state index is -0.295. The Hall–Kier alpha value is -2.00. The highest BCUT2D eigenvalue weighted by Crippen LogP contribution is 2.16. The Morgan fingerprint density at radius 2 is 1.80 bits per heavy atom. The molecular weight excluding hydrogens is 274 g/mol. The van der Waals surface area contributed by atoms with Crippen LogP contribution < -0.4 is 5.32 Å². The molecule has 0 amide bonds. The summed E-state index contributed by atoms with van der Waals surface area (Å²) in [6.45, 7) is 1.98. The third kappa shape index (κ3) is 4.28. The van der Waals surface area contributed by atoms with Gasteiger partial charge in [-0.25, -0.2) is 0 Å². The Bertz CT molecular complexity index is 554. The Labute approximate surface area is 123 Å². The molecule has 1 N–H and O–H groups in total. The Morgan fingerprint density at radius 3 is 2.45 bits per heavy atom. The number of carbonyl (C=O) groups is 1. The van der Waals surface area contributed by atoms with Crippen LogP contribution in [0.2, 0.25) is 5.02 Å². The highest BCUT2D eigenvalue weighted by Gasteiger charge is 2.10. The second kappa shape index (κ2) is 6.96. The molecule has 0 saturated heterocycles. The van der Waals surface area contributed by atoms with Gasteiger partial charge in [0.15, 0.2) is 0 Å². The van der Waals surface area contributed by atoms with Gasteiger partial charge in [-0.15, -0.1) is 0 Å². The summed E-state index contributed by atoms with van der Waals surface area (Å²) in [5, 5.41) is 3.66. The number of rotatable bonds is 5. The van der Waals surface area contributed by atoms with Crippen molar-refractivity contribution in [2.24, 2.45) is 0 Å². The van der Waals surface area contributed by atoms with Crippen molar-refractivity contribution in [3.8, 4) is 0 Å². The van der Waals surface area contributed by atoms with Gasteiger partial charge < -0.3 is 10.1 Å². The van der Waals surface area contributed by atoms with Crippen molar-refractivity contribution in [2.45, 2.75) is 13.0 Å². The lowest BCUT2D eigenvalue weighted by Gasteiger charge is -2.14. The maximum absolute atomic E-state index is 11.8. The van der Waals surface area contributed by atoms with Crippen molar-refractivity contribution in [3.05, 3.63) is 65.2 Å². The third-order valence-corrected chi connectivity index (χ3v) is 3.11. The van der Waals surface area contributed by atoms with Crippen LogP contribution in [0, 0.1) is 0 Å². The average molecular weight is 290 g/mol. The molecule has 0 heterocycles. The van der Waals surface area contributed by atoms with Gasteiger partial charge in [-0.1, -0.05) is 41.9 Å². The standard InChI is InChI=1S/C16H16ClNO2/c1-12(13-5-3-2-4-6-13)20-16(19)11-18-15-9-7-14(17)8-10-15/h2-10,12,18H,11H2,1H3.